The van der Waals surface area contributed by atoms with Gasteiger partial charge >= 0.3 is 0 Å². The van der Waals surface area contributed by atoms with Crippen LogP contribution in [0.4, 0.5) is 0 Å². The van der Waals surface area contributed by atoms with Crippen LogP contribution in [0.15, 0.2) is 44.5 Å². The molecule has 9 nitrogen and oxygen atoms in total. The zero-order valence-corrected chi connectivity index (χ0v) is 18.6. The number of nitrogens with one attached hydrogen (secondary N) is 2. The number of benzene rings is 1. The molecule has 0 atom stereocenters. The highest BCUT2D eigenvalue weighted by Crippen LogP contribution is 2.26. The molecular formula is C18H22ClN3O6S2. The first kappa shape index (κ1) is 22.8. The Bertz CT molecular complexity index is 1140. The van der Waals surface area contributed by atoms with Crippen LogP contribution in [0.2, 0.25) is 5.02 Å². The van der Waals surface area contributed by atoms with Gasteiger partial charge in [0.05, 0.1) is 4.90 Å². The Hall–Kier alpha value is -1.92. The van der Waals surface area contributed by atoms with Crippen molar-refractivity contribution in [3.63, 3.8) is 0 Å². The van der Waals surface area contributed by atoms with E-state index in [1.54, 1.807) is 6.07 Å². The first-order chi connectivity index (χ1) is 14.1. The molecule has 0 radical (unpaired) electrons. The van der Waals surface area contributed by atoms with Gasteiger partial charge in [-0.1, -0.05) is 17.7 Å². The fraction of sp³-hybridized carbons (Fsp3) is 0.389. The van der Waals surface area contributed by atoms with Crippen LogP contribution in [0.1, 0.15) is 29.2 Å². The van der Waals surface area contributed by atoms with E-state index >= 15 is 0 Å². The third kappa shape index (κ3) is 5.03. The van der Waals surface area contributed by atoms with Gasteiger partial charge in [0.15, 0.2) is 5.76 Å². The van der Waals surface area contributed by atoms with E-state index in [1.165, 1.54) is 35.5 Å². The minimum atomic E-state index is -3.77. The number of carbonyl (C=O) groups excluding carboxylic acids is 1. The molecule has 2 N–H and O–H groups in total. The van der Waals surface area contributed by atoms with E-state index < -0.39 is 26.0 Å². The van der Waals surface area contributed by atoms with Gasteiger partial charge in [-0.2, -0.15) is 4.31 Å². The maximum absolute atomic E-state index is 12.7. The lowest BCUT2D eigenvalue weighted by Gasteiger charge is -2.14. The van der Waals surface area contributed by atoms with Crippen LogP contribution in [0.5, 0.6) is 0 Å². The second-order valence-electron chi connectivity index (χ2n) is 6.75. The predicted octanol–water partition coefficient (Wildman–Crippen LogP) is 1.73. The molecule has 12 heteroatoms. The number of rotatable bonds is 8. The van der Waals surface area contributed by atoms with Gasteiger partial charge in [0.25, 0.3) is 5.91 Å². The van der Waals surface area contributed by atoms with Crippen LogP contribution < -0.4 is 10.0 Å². The van der Waals surface area contributed by atoms with Gasteiger partial charge in [-0.25, -0.2) is 21.6 Å². The maximum atomic E-state index is 12.7. The van der Waals surface area contributed by atoms with Crippen molar-refractivity contribution in [2.75, 3.05) is 26.2 Å². The van der Waals surface area contributed by atoms with E-state index in [-0.39, 0.29) is 34.4 Å². The summed E-state index contributed by atoms with van der Waals surface area (Å²) >= 11 is 5.80. The molecule has 30 heavy (non-hydrogen) atoms. The molecule has 1 aliphatic rings. The zero-order chi connectivity index (χ0) is 21.9. The molecular weight excluding hydrogens is 454 g/mol. The fourth-order valence-electron chi connectivity index (χ4n) is 3.07. The van der Waals surface area contributed by atoms with Crippen molar-refractivity contribution >= 4 is 37.6 Å². The van der Waals surface area contributed by atoms with Crippen molar-refractivity contribution in [2.24, 2.45) is 0 Å². The normalized spacial score (nSPS) is 15.4. The van der Waals surface area contributed by atoms with Crippen LogP contribution in [0.25, 0.3) is 0 Å². The number of nitrogens with zero attached hydrogens (tertiary/aromatic N) is 1. The molecule has 0 spiro atoms. The Labute approximate surface area is 180 Å². The number of halogens is 1. The van der Waals surface area contributed by atoms with Crippen molar-refractivity contribution in [2.45, 2.75) is 29.6 Å². The van der Waals surface area contributed by atoms with Crippen LogP contribution in [-0.4, -0.2) is 53.2 Å². The Balaban J connectivity index is 1.58. The molecule has 1 saturated heterocycles. The summed E-state index contributed by atoms with van der Waals surface area (Å²) in [4.78, 5) is 12.3. The minimum Gasteiger partial charge on any atom is -0.455 e. The SMILES string of the molecule is Cc1oc(C(=O)NCCNS(=O)(=O)c2cccc(Cl)c2)cc1S(=O)(=O)N1CCCC1. The van der Waals surface area contributed by atoms with Gasteiger partial charge < -0.3 is 9.73 Å². The molecule has 1 aliphatic heterocycles. The summed E-state index contributed by atoms with van der Waals surface area (Å²) in [5, 5.41) is 2.79. The average molecular weight is 476 g/mol. The van der Waals surface area contributed by atoms with E-state index in [4.69, 9.17) is 16.0 Å². The molecule has 0 bridgehead atoms. The number of hydrogen-bond acceptors (Lipinski definition) is 6. The molecule has 0 unspecified atom stereocenters. The Morgan fingerprint density at radius 3 is 2.50 bits per heavy atom. The first-order valence-electron chi connectivity index (χ1n) is 9.25. The predicted molar refractivity (Wildman–Crippen MR) is 110 cm³/mol. The van der Waals surface area contributed by atoms with Crippen LogP contribution in [-0.2, 0) is 20.0 Å². The maximum Gasteiger partial charge on any atom is 0.287 e. The van der Waals surface area contributed by atoms with E-state index in [1.807, 2.05) is 0 Å². The molecule has 1 aromatic heterocycles. The topological polar surface area (TPSA) is 126 Å². The summed E-state index contributed by atoms with van der Waals surface area (Å²) in [6, 6.07) is 7.00. The van der Waals surface area contributed by atoms with E-state index in [2.05, 4.69) is 10.0 Å². The third-order valence-corrected chi connectivity index (χ3v) is 8.29. The molecule has 0 saturated carbocycles. The summed E-state index contributed by atoms with van der Waals surface area (Å²) in [6.07, 6.45) is 1.60. The first-order valence-corrected chi connectivity index (χ1v) is 12.6. The highest BCUT2D eigenvalue weighted by atomic mass is 35.5. The highest BCUT2D eigenvalue weighted by molar-refractivity contribution is 7.89. The lowest BCUT2D eigenvalue weighted by Crippen LogP contribution is -2.34. The van der Waals surface area contributed by atoms with Crippen LogP contribution in [0, 0.1) is 6.92 Å². The lowest BCUT2D eigenvalue weighted by molar-refractivity contribution is 0.0925. The molecule has 1 amide bonds. The molecule has 1 aromatic carbocycles. The van der Waals surface area contributed by atoms with Crippen molar-refractivity contribution in [3.8, 4) is 0 Å². The van der Waals surface area contributed by atoms with Gasteiger partial charge in [-0.3, -0.25) is 4.79 Å². The summed E-state index contributed by atoms with van der Waals surface area (Å²) in [7, 11) is -7.47. The Morgan fingerprint density at radius 1 is 1.13 bits per heavy atom. The Kier molecular flexibility index (Phi) is 6.88. The van der Waals surface area contributed by atoms with Gasteiger partial charge in [0, 0.05) is 37.3 Å². The minimum absolute atomic E-state index is 0.0137. The number of hydrogen-bond donors (Lipinski definition) is 2. The average Bonchev–Trinajstić information content (AvgIpc) is 3.35. The molecule has 164 valence electrons. The van der Waals surface area contributed by atoms with Gasteiger partial charge in [0.1, 0.15) is 10.7 Å². The molecule has 2 aromatic rings. The summed E-state index contributed by atoms with van der Waals surface area (Å²) in [5.41, 5.74) is 0. The van der Waals surface area contributed by atoms with Gasteiger partial charge in [-0.15, -0.1) is 0 Å². The van der Waals surface area contributed by atoms with Gasteiger partial charge in [-0.05, 0) is 38.0 Å². The van der Waals surface area contributed by atoms with Gasteiger partial charge in [0.2, 0.25) is 20.0 Å². The zero-order valence-electron chi connectivity index (χ0n) is 16.2. The molecule has 3 rings (SSSR count). The number of carbonyl (C=O) groups is 1. The lowest BCUT2D eigenvalue weighted by atomic mass is 10.4. The van der Waals surface area contributed by atoms with Crippen molar-refractivity contribution < 1.29 is 26.0 Å². The monoisotopic (exact) mass is 475 g/mol. The third-order valence-electron chi connectivity index (χ3n) is 4.59. The highest BCUT2D eigenvalue weighted by Gasteiger charge is 2.31. The van der Waals surface area contributed by atoms with Crippen molar-refractivity contribution in [1.82, 2.24) is 14.3 Å². The van der Waals surface area contributed by atoms with E-state index in [0.717, 1.165) is 12.8 Å². The smallest absolute Gasteiger partial charge is 0.287 e. The summed E-state index contributed by atoms with van der Waals surface area (Å²) in [5.74, 6) is -0.653. The number of furan rings is 1. The summed E-state index contributed by atoms with van der Waals surface area (Å²) in [6.45, 7) is 2.28. The second-order valence-corrected chi connectivity index (χ2v) is 10.9. The van der Waals surface area contributed by atoms with Crippen molar-refractivity contribution in [3.05, 3.63) is 46.9 Å². The number of sulfonamides is 2. The fourth-order valence-corrected chi connectivity index (χ4v) is 6.08. The van der Waals surface area contributed by atoms with Crippen LogP contribution in [0.3, 0.4) is 0 Å². The van der Waals surface area contributed by atoms with E-state index in [0.29, 0.717) is 18.1 Å². The molecule has 2 heterocycles. The van der Waals surface area contributed by atoms with Crippen LogP contribution >= 0.6 is 11.6 Å². The molecule has 1 fully saturated rings. The Morgan fingerprint density at radius 2 is 1.83 bits per heavy atom. The number of amides is 1. The standard InChI is InChI=1S/C18H22ClN3O6S2/c1-13-17(30(26,27)22-9-2-3-10-22)12-16(28-13)18(23)20-7-8-21-29(24,25)15-6-4-5-14(19)11-15/h4-6,11-12,21H,2-3,7-10H2,1H3,(H,20,23). The van der Waals surface area contributed by atoms with Crippen molar-refractivity contribution in [1.29, 1.82) is 0 Å². The van der Waals surface area contributed by atoms with E-state index in [9.17, 15) is 21.6 Å². The molecule has 0 aliphatic carbocycles. The second kappa shape index (κ2) is 9.06. The largest absolute Gasteiger partial charge is 0.455 e. The summed E-state index contributed by atoms with van der Waals surface area (Å²) < 4.78 is 58.8. The quantitative estimate of drug-likeness (QED) is 0.560. The number of aryl methyl sites for hydroxylation is 1.